The van der Waals surface area contributed by atoms with E-state index in [2.05, 4.69) is 17.2 Å². The van der Waals surface area contributed by atoms with Gasteiger partial charge in [0, 0.05) is 11.3 Å². The third kappa shape index (κ3) is 3.77. The van der Waals surface area contributed by atoms with Gasteiger partial charge in [0.15, 0.2) is 0 Å². The van der Waals surface area contributed by atoms with Gasteiger partial charge in [-0.3, -0.25) is 14.2 Å². The number of anilines is 2. The van der Waals surface area contributed by atoms with Crippen LogP contribution in [0, 0.1) is 6.92 Å². The molecule has 6 heteroatoms. The Bertz CT molecular complexity index is 763. The summed E-state index contributed by atoms with van der Waals surface area (Å²) < 4.78 is 1.20. The van der Waals surface area contributed by atoms with Crippen LogP contribution in [-0.2, 0) is 24.2 Å². The van der Waals surface area contributed by atoms with Gasteiger partial charge in [0.05, 0.1) is 5.69 Å². The lowest BCUT2D eigenvalue weighted by molar-refractivity contribution is -0.116. The van der Waals surface area contributed by atoms with Crippen LogP contribution in [0.15, 0.2) is 29.1 Å². The zero-order chi connectivity index (χ0) is 17.0. The first kappa shape index (κ1) is 16.7. The third-order valence-corrected chi connectivity index (χ3v) is 3.81. The molecule has 0 atom stereocenters. The highest BCUT2D eigenvalue weighted by Crippen LogP contribution is 2.10. The quantitative estimate of drug-likeness (QED) is 0.882. The Morgan fingerprint density at radius 3 is 2.43 bits per heavy atom. The number of hydrogen-bond donors (Lipinski definition) is 2. The van der Waals surface area contributed by atoms with Gasteiger partial charge in [-0.15, -0.1) is 0 Å². The lowest BCUT2D eigenvalue weighted by atomic mass is 10.1. The van der Waals surface area contributed by atoms with E-state index in [0.29, 0.717) is 23.4 Å². The second-order valence-electron chi connectivity index (χ2n) is 5.39. The maximum atomic E-state index is 12.3. The predicted octanol–water partition coefficient (Wildman–Crippen LogP) is 1.90. The third-order valence-electron chi connectivity index (χ3n) is 3.81. The lowest BCUT2D eigenvalue weighted by Gasteiger charge is -2.12. The Kier molecular flexibility index (Phi) is 5.16. The van der Waals surface area contributed by atoms with E-state index >= 15 is 0 Å². The fraction of sp³-hybridized carbons (Fsp3) is 0.353. The summed E-state index contributed by atoms with van der Waals surface area (Å²) in [4.78, 5) is 28.7. The molecule has 2 aromatic rings. The molecule has 2 rings (SSSR count). The molecule has 0 unspecified atom stereocenters. The van der Waals surface area contributed by atoms with Gasteiger partial charge in [-0.05, 0) is 37.5 Å². The first-order valence-electron chi connectivity index (χ1n) is 7.70. The van der Waals surface area contributed by atoms with Crippen LogP contribution in [-0.4, -0.2) is 15.5 Å². The van der Waals surface area contributed by atoms with Crippen molar-refractivity contribution >= 4 is 17.5 Å². The van der Waals surface area contributed by atoms with E-state index in [9.17, 15) is 9.59 Å². The van der Waals surface area contributed by atoms with Crippen molar-refractivity contribution in [3.8, 4) is 0 Å². The summed E-state index contributed by atoms with van der Waals surface area (Å²) >= 11 is 0. The monoisotopic (exact) mass is 314 g/mol. The van der Waals surface area contributed by atoms with E-state index in [0.717, 1.165) is 6.42 Å². The van der Waals surface area contributed by atoms with Crippen LogP contribution in [0.1, 0.15) is 30.7 Å². The van der Waals surface area contributed by atoms with Crippen molar-refractivity contribution < 1.29 is 4.79 Å². The van der Waals surface area contributed by atoms with Crippen molar-refractivity contribution in [2.75, 3.05) is 11.1 Å². The average Bonchev–Trinajstić information content (AvgIpc) is 2.55. The summed E-state index contributed by atoms with van der Waals surface area (Å²) in [5, 5.41) is 2.76. The van der Waals surface area contributed by atoms with Gasteiger partial charge >= 0.3 is 0 Å². The first-order chi connectivity index (χ1) is 11.0. The second kappa shape index (κ2) is 7.09. The Labute approximate surface area is 135 Å². The minimum absolute atomic E-state index is 0.0638. The number of nitrogens with one attached hydrogen (secondary N) is 1. The number of nitrogen functional groups attached to an aromatic ring is 1. The van der Waals surface area contributed by atoms with Gasteiger partial charge in [-0.2, -0.15) is 0 Å². The van der Waals surface area contributed by atoms with Crippen LogP contribution >= 0.6 is 0 Å². The Morgan fingerprint density at radius 2 is 1.87 bits per heavy atom. The van der Waals surface area contributed by atoms with E-state index in [1.165, 1.54) is 10.1 Å². The normalized spacial score (nSPS) is 10.6. The highest BCUT2D eigenvalue weighted by molar-refractivity contribution is 5.90. The second-order valence-corrected chi connectivity index (χ2v) is 5.39. The average molecular weight is 314 g/mol. The standard InChI is InChI=1S/C17H22N4O2/c1-4-12-6-8-13(9-7-12)19-15(22)10-21-16(23)11(3)14(5-2)20-17(21)18/h6-9H,4-5,10H2,1-3H3,(H2,18,20)(H,19,22). The number of hydrogen-bond acceptors (Lipinski definition) is 4. The van der Waals surface area contributed by atoms with Gasteiger partial charge in [-0.1, -0.05) is 26.0 Å². The molecular formula is C17H22N4O2. The number of carbonyl (C=O) groups excluding carboxylic acids is 1. The van der Waals surface area contributed by atoms with Crippen LogP contribution in [0.3, 0.4) is 0 Å². The number of aromatic nitrogens is 2. The summed E-state index contributed by atoms with van der Waals surface area (Å²) in [6.07, 6.45) is 1.57. The number of amides is 1. The van der Waals surface area contributed by atoms with Crippen LogP contribution in [0.5, 0.6) is 0 Å². The molecule has 0 fully saturated rings. The van der Waals surface area contributed by atoms with E-state index in [1.54, 1.807) is 6.92 Å². The highest BCUT2D eigenvalue weighted by atomic mass is 16.2. The molecule has 23 heavy (non-hydrogen) atoms. The Hall–Kier alpha value is -2.63. The predicted molar refractivity (Wildman–Crippen MR) is 91.5 cm³/mol. The number of benzene rings is 1. The molecule has 1 aromatic carbocycles. The Balaban J connectivity index is 2.17. The van der Waals surface area contributed by atoms with E-state index in [4.69, 9.17) is 5.73 Å². The maximum Gasteiger partial charge on any atom is 0.258 e. The number of nitrogens with two attached hydrogens (primary N) is 1. The molecule has 3 N–H and O–H groups in total. The van der Waals surface area contributed by atoms with Gasteiger partial charge in [0.25, 0.3) is 5.56 Å². The molecule has 0 aliphatic rings. The number of rotatable bonds is 5. The molecule has 0 spiro atoms. The molecule has 0 aliphatic heterocycles. The maximum absolute atomic E-state index is 12.3. The summed E-state index contributed by atoms with van der Waals surface area (Å²) in [5.41, 5.74) is 8.62. The summed E-state index contributed by atoms with van der Waals surface area (Å²) in [6, 6.07) is 7.59. The van der Waals surface area contributed by atoms with Gasteiger partial charge in [-0.25, -0.2) is 4.98 Å². The van der Waals surface area contributed by atoms with Gasteiger partial charge in [0.2, 0.25) is 11.9 Å². The van der Waals surface area contributed by atoms with Crippen molar-refractivity contribution in [3.63, 3.8) is 0 Å². The number of nitrogens with zero attached hydrogens (tertiary/aromatic N) is 2. The highest BCUT2D eigenvalue weighted by Gasteiger charge is 2.13. The molecule has 1 amide bonds. The summed E-state index contributed by atoms with van der Waals surface area (Å²) in [6.45, 7) is 5.52. The Morgan fingerprint density at radius 1 is 1.22 bits per heavy atom. The lowest BCUT2D eigenvalue weighted by Crippen LogP contribution is -2.32. The van der Waals surface area contributed by atoms with Gasteiger partial charge < -0.3 is 11.1 Å². The van der Waals surface area contributed by atoms with E-state index in [1.807, 2.05) is 31.2 Å². The zero-order valence-electron chi connectivity index (χ0n) is 13.7. The van der Waals surface area contributed by atoms with Crippen LogP contribution in [0.4, 0.5) is 11.6 Å². The zero-order valence-corrected chi connectivity index (χ0v) is 13.7. The summed E-state index contributed by atoms with van der Waals surface area (Å²) in [7, 11) is 0. The molecule has 0 radical (unpaired) electrons. The molecule has 6 nitrogen and oxygen atoms in total. The molecule has 1 heterocycles. The van der Waals surface area contributed by atoms with E-state index < -0.39 is 0 Å². The van der Waals surface area contributed by atoms with Crippen LogP contribution in [0.25, 0.3) is 0 Å². The smallest absolute Gasteiger partial charge is 0.258 e. The van der Waals surface area contributed by atoms with Crippen molar-refractivity contribution in [3.05, 3.63) is 51.4 Å². The van der Waals surface area contributed by atoms with Crippen molar-refractivity contribution in [2.24, 2.45) is 0 Å². The van der Waals surface area contributed by atoms with Gasteiger partial charge in [0.1, 0.15) is 6.54 Å². The van der Waals surface area contributed by atoms with Crippen molar-refractivity contribution in [1.82, 2.24) is 9.55 Å². The SMILES string of the molecule is CCc1ccc(NC(=O)Cn2c(N)nc(CC)c(C)c2=O)cc1. The first-order valence-corrected chi connectivity index (χ1v) is 7.70. The van der Waals surface area contributed by atoms with Crippen LogP contribution < -0.4 is 16.6 Å². The van der Waals surface area contributed by atoms with Crippen molar-refractivity contribution in [1.29, 1.82) is 0 Å². The molecular weight excluding hydrogens is 292 g/mol. The van der Waals surface area contributed by atoms with E-state index in [-0.39, 0.29) is 24.0 Å². The molecule has 0 saturated heterocycles. The minimum atomic E-state index is -0.312. The number of carbonyl (C=O) groups is 1. The number of aryl methyl sites for hydroxylation is 2. The minimum Gasteiger partial charge on any atom is -0.369 e. The fourth-order valence-corrected chi connectivity index (χ4v) is 2.38. The molecule has 0 aliphatic carbocycles. The largest absolute Gasteiger partial charge is 0.369 e. The summed E-state index contributed by atoms with van der Waals surface area (Å²) in [5.74, 6) is -0.248. The van der Waals surface area contributed by atoms with Crippen molar-refractivity contribution in [2.45, 2.75) is 40.2 Å². The topological polar surface area (TPSA) is 90.0 Å². The molecule has 0 bridgehead atoms. The molecule has 122 valence electrons. The van der Waals surface area contributed by atoms with Crippen LogP contribution in [0.2, 0.25) is 0 Å². The molecule has 0 saturated carbocycles. The fourth-order valence-electron chi connectivity index (χ4n) is 2.38. The molecule has 1 aromatic heterocycles.